The van der Waals surface area contributed by atoms with Crippen molar-refractivity contribution in [2.75, 3.05) is 11.9 Å². The summed E-state index contributed by atoms with van der Waals surface area (Å²) < 4.78 is 0. The Labute approximate surface area is 105 Å². The number of carbonyl (C=O) groups excluding carboxylic acids is 2. The molecule has 4 N–H and O–H groups in total. The van der Waals surface area contributed by atoms with Crippen molar-refractivity contribution in [3.63, 3.8) is 0 Å². The molecule has 16 heavy (non-hydrogen) atoms. The molecule has 0 aromatic heterocycles. The third kappa shape index (κ3) is 6.79. The van der Waals surface area contributed by atoms with Gasteiger partial charge in [0.2, 0.25) is 11.8 Å². The first-order valence-corrected chi connectivity index (χ1v) is 6.50. The summed E-state index contributed by atoms with van der Waals surface area (Å²) in [5.74, 6) is -0.494. The summed E-state index contributed by atoms with van der Waals surface area (Å²) in [6, 6.07) is -1.13. The summed E-state index contributed by atoms with van der Waals surface area (Å²) in [4.78, 5) is 22.7. The molecular weight excluding hydrogens is 274 g/mol. The van der Waals surface area contributed by atoms with Crippen LogP contribution >= 0.6 is 15.9 Å². The van der Waals surface area contributed by atoms with E-state index in [0.29, 0.717) is 6.54 Å². The van der Waals surface area contributed by atoms with Crippen molar-refractivity contribution < 1.29 is 9.59 Å². The Kier molecular flexibility index (Phi) is 8.19. The molecule has 0 aromatic rings. The Morgan fingerprint density at radius 2 is 1.88 bits per heavy atom. The van der Waals surface area contributed by atoms with Crippen LogP contribution < -0.4 is 16.4 Å². The van der Waals surface area contributed by atoms with Gasteiger partial charge in [-0.3, -0.25) is 9.59 Å². The van der Waals surface area contributed by atoms with Crippen LogP contribution in [0.15, 0.2) is 0 Å². The van der Waals surface area contributed by atoms with Crippen molar-refractivity contribution in [3.8, 4) is 0 Å². The van der Waals surface area contributed by atoms with Gasteiger partial charge in [-0.1, -0.05) is 15.9 Å². The lowest BCUT2D eigenvalue weighted by Crippen LogP contribution is -2.49. The van der Waals surface area contributed by atoms with Gasteiger partial charge < -0.3 is 16.4 Å². The number of alkyl halides is 1. The number of amides is 2. The third-order valence-electron chi connectivity index (χ3n) is 2.03. The molecule has 0 aliphatic rings. The lowest BCUT2D eigenvalue weighted by Gasteiger charge is -2.15. The monoisotopic (exact) mass is 293 g/mol. The highest BCUT2D eigenvalue weighted by atomic mass is 79.9. The summed E-state index contributed by atoms with van der Waals surface area (Å²) in [6.07, 6.45) is 1.94. The van der Waals surface area contributed by atoms with Gasteiger partial charge in [0, 0.05) is 11.9 Å². The predicted octanol–water partition coefficient (Wildman–Crippen LogP) is 0.130. The summed E-state index contributed by atoms with van der Waals surface area (Å²) in [7, 11) is 0. The number of unbranched alkanes of at least 4 members (excludes halogenated alkanes) is 1. The maximum absolute atomic E-state index is 11.5. The molecule has 0 heterocycles. The Balaban J connectivity index is 3.77. The molecule has 0 rings (SSSR count). The average molecular weight is 294 g/mol. The lowest BCUT2D eigenvalue weighted by molar-refractivity contribution is -0.129. The van der Waals surface area contributed by atoms with Crippen LogP contribution in [0.5, 0.6) is 0 Å². The Morgan fingerprint density at radius 1 is 1.25 bits per heavy atom. The topological polar surface area (TPSA) is 84.2 Å². The molecule has 2 atom stereocenters. The Bertz CT molecular complexity index is 234. The molecule has 0 fully saturated rings. The highest BCUT2D eigenvalue weighted by Crippen LogP contribution is 1.92. The normalized spacial score (nSPS) is 14.0. The molecule has 5 nitrogen and oxygen atoms in total. The van der Waals surface area contributed by atoms with Gasteiger partial charge in [0.1, 0.15) is 6.04 Å². The van der Waals surface area contributed by atoms with Crippen LogP contribution in [0, 0.1) is 0 Å². The maximum Gasteiger partial charge on any atom is 0.242 e. The van der Waals surface area contributed by atoms with E-state index in [1.54, 1.807) is 13.8 Å². The SMILES string of the molecule is C[C@H](N)C(=O)N[C@@H](C)C(=O)NCCCCBr. The van der Waals surface area contributed by atoms with Crippen molar-refractivity contribution in [3.05, 3.63) is 0 Å². The smallest absolute Gasteiger partial charge is 0.242 e. The van der Waals surface area contributed by atoms with Gasteiger partial charge >= 0.3 is 0 Å². The van der Waals surface area contributed by atoms with Gasteiger partial charge in [-0.05, 0) is 26.7 Å². The summed E-state index contributed by atoms with van der Waals surface area (Å²) in [5.41, 5.74) is 5.38. The van der Waals surface area contributed by atoms with Crippen LogP contribution in [0.3, 0.4) is 0 Å². The van der Waals surface area contributed by atoms with Crippen molar-refractivity contribution >= 4 is 27.7 Å². The first-order valence-electron chi connectivity index (χ1n) is 5.38. The molecule has 0 bridgehead atoms. The zero-order valence-corrected chi connectivity index (χ0v) is 11.3. The number of halogens is 1. The molecule has 94 valence electrons. The minimum absolute atomic E-state index is 0.177. The second-order valence-electron chi connectivity index (χ2n) is 3.71. The van der Waals surface area contributed by atoms with Crippen molar-refractivity contribution in [1.82, 2.24) is 10.6 Å². The lowest BCUT2D eigenvalue weighted by atomic mass is 10.2. The van der Waals surface area contributed by atoms with E-state index in [-0.39, 0.29) is 11.8 Å². The average Bonchev–Trinajstić information content (AvgIpc) is 2.23. The zero-order valence-electron chi connectivity index (χ0n) is 9.75. The molecule has 2 amide bonds. The van der Waals surface area contributed by atoms with E-state index < -0.39 is 12.1 Å². The number of hydrogen-bond acceptors (Lipinski definition) is 3. The van der Waals surface area contributed by atoms with E-state index in [4.69, 9.17) is 5.73 Å². The predicted molar refractivity (Wildman–Crippen MR) is 67.3 cm³/mol. The highest BCUT2D eigenvalue weighted by molar-refractivity contribution is 9.09. The number of hydrogen-bond donors (Lipinski definition) is 3. The quantitative estimate of drug-likeness (QED) is 0.461. The van der Waals surface area contributed by atoms with E-state index in [1.807, 2.05) is 0 Å². The maximum atomic E-state index is 11.5. The van der Waals surface area contributed by atoms with E-state index in [2.05, 4.69) is 26.6 Å². The molecule has 0 spiro atoms. The first-order chi connectivity index (χ1) is 7.49. The fourth-order valence-electron chi connectivity index (χ4n) is 0.995. The van der Waals surface area contributed by atoms with Gasteiger partial charge in [-0.25, -0.2) is 0 Å². The molecule has 0 aromatic carbocycles. The van der Waals surface area contributed by atoms with Gasteiger partial charge in [-0.2, -0.15) is 0 Å². The zero-order chi connectivity index (χ0) is 12.6. The number of nitrogens with two attached hydrogens (primary N) is 1. The first kappa shape index (κ1) is 15.4. The summed E-state index contributed by atoms with van der Waals surface area (Å²) in [5, 5.41) is 6.21. The van der Waals surface area contributed by atoms with Crippen LogP contribution in [0.2, 0.25) is 0 Å². The summed E-state index contributed by atoms with van der Waals surface area (Å²) >= 11 is 3.31. The molecule has 0 saturated carbocycles. The molecule has 0 aliphatic heterocycles. The van der Waals surface area contributed by atoms with E-state index in [0.717, 1.165) is 18.2 Å². The Hall–Kier alpha value is -0.620. The van der Waals surface area contributed by atoms with Crippen molar-refractivity contribution in [2.24, 2.45) is 5.73 Å². The van der Waals surface area contributed by atoms with Crippen LogP contribution in [0.25, 0.3) is 0 Å². The highest BCUT2D eigenvalue weighted by Gasteiger charge is 2.16. The molecule has 0 radical (unpaired) electrons. The van der Waals surface area contributed by atoms with Crippen molar-refractivity contribution in [1.29, 1.82) is 0 Å². The van der Waals surface area contributed by atoms with Crippen LogP contribution in [0.1, 0.15) is 26.7 Å². The number of rotatable bonds is 7. The second-order valence-corrected chi connectivity index (χ2v) is 4.50. The van der Waals surface area contributed by atoms with Gasteiger partial charge in [0.25, 0.3) is 0 Å². The molecular formula is C10H20BrN3O2. The summed E-state index contributed by atoms with van der Waals surface area (Å²) in [6.45, 7) is 3.85. The largest absolute Gasteiger partial charge is 0.354 e. The van der Waals surface area contributed by atoms with Gasteiger partial charge in [0.15, 0.2) is 0 Å². The second kappa shape index (κ2) is 8.52. The number of nitrogens with one attached hydrogen (secondary N) is 2. The Morgan fingerprint density at radius 3 is 2.38 bits per heavy atom. The molecule has 0 unspecified atom stereocenters. The minimum Gasteiger partial charge on any atom is -0.354 e. The molecule has 0 aliphatic carbocycles. The fourth-order valence-corrected chi connectivity index (χ4v) is 1.39. The standard InChI is InChI=1S/C10H20BrN3O2/c1-7(12)9(15)14-8(2)10(16)13-6-4-3-5-11/h7-8H,3-6,12H2,1-2H3,(H,13,16)(H,14,15)/t7-,8-/m0/s1. The molecule has 6 heteroatoms. The van der Waals surface area contributed by atoms with Crippen molar-refractivity contribution in [2.45, 2.75) is 38.8 Å². The van der Waals surface area contributed by atoms with Crippen LogP contribution in [-0.2, 0) is 9.59 Å². The van der Waals surface area contributed by atoms with E-state index >= 15 is 0 Å². The fraction of sp³-hybridized carbons (Fsp3) is 0.800. The van der Waals surface area contributed by atoms with Gasteiger partial charge in [-0.15, -0.1) is 0 Å². The van der Waals surface area contributed by atoms with E-state index in [1.165, 1.54) is 0 Å². The van der Waals surface area contributed by atoms with Crippen LogP contribution in [0.4, 0.5) is 0 Å². The van der Waals surface area contributed by atoms with E-state index in [9.17, 15) is 9.59 Å². The number of carbonyl (C=O) groups is 2. The third-order valence-corrected chi connectivity index (χ3v) is 2.59. The molecule has 0 saturated heterocycles. The van der Waals surface area contributed by atoms with Gasteiger partial charge in [0.05, 0.1) is 6.04 Å². The minimum atomic E-state index is -0.594. The van der Waals surface area contributed by atoms with Crippen LogP contribution in [-0.4, -0.2) is 35.8 Å².